The lowest BCUT2D eigenvalue weighted by molar-refractivity contribution is 0.0115. The third-order valence-corrected chi connectivity index (χ3v) is 6.65. The molecule has 0 aliphatic carbocycles. The Morgan fingerprint density at radius 1 is 1.14 bits per heavy atom. The molecule has 5 rings (SSSR count). The van der Waals surface area contributed by atoms with E-state index < -0.39 is 5.92 Å². The van der Waals surface area contributed by atoms with E-state index in [9.17, 15) is 8.78 Å². The van der Waals surface area contributed by atoms with Gasteiger partial charge in [-0.05, 0) is 41.5 Å². The predicted molar refractivity (Wildman–Crippen MR) is 135 cm³/mol. The lowest BCUT2D eigenvalue weighted by atomic mass is 10.0. The average Bonchev–Trinajstić information content (AvgIpc) is 3.16. The number of halogens is 4. The van der Waals surface area contributed by atoms with Crippen LogP contribution < -0.4 is 10.4 Å². The van der Waals surface area contributed by atoms with Crippen molar-refractivity contribution in [2.45, 2.75) is 18.9 Å². The standard InChI is InChI=1S/C25H23Cl2F2N5O/c1-35-34-14-18(22-20(26)6-3-7-21(22)27)11-17-12-30-24(32-23(17)34)31-19-5-2-4-16(10-19)13-33-9-8-25(28,29)15-33/h2-7,10-12H,8-9,13-15H2,1H3,(H,30,31,32). The van der Waals surface area contributed by atoms with Crippen LogP contribution in [0.2, 0.25) is 10.0 Å². The number of anilines is 3. The molecule has 6 nitrogen and oxygen atoms in total. The summed E-state index contributed by atoms with van der Waals surface area (Å²) in [6, 6.07) is 13.0. The van der Waals surface area contributed by atoms with Gasteiger partial charge in [0.2, 0.25) is 5.95 Å². The average molecular weight is 518 g/mol. The number of hydrogen-bond donors (Lipinski definition) is 1. The molecule has 3 heterocycles. The Bertz CT molecular complexity index is 1270. The molecule has 0 spiro atoms. The van der Waals surface area contributed by atoms with E-state index in [1.165, 1.54) is 0 Å². The van der Waals surface area contributed by atoms with Crippen molar-refractivity contribution in [1.82, 2.24) is 14.9 Å². The number of benzene rings is 2. The van der Waals surface area contributed by atoms with Gasteiger partial charge in [0.1, 0.15) is 0 Å². The van der Waals surface area contributed by atoms with Crippen LogP contribution >= 0.6 is 23.2 Å². The number of rotatable bonds is 6. The van der Waals surface area contributed by atoms with Crippen molar-refractivity contribution in [3.05, 3.63) is 75.4 Å². The lowest BCUT2D eigenvalue weighted by Gasteiger charge is -2.28. The third-order valence-electron chi connectivity index (χ3n) is 6.02. The van der Waals surface area contributed by atoms with Crippen molar-refractivity contribution in [2.75, 3.05) is 37.1 Å². The van der Waals surface area contributed by atoms with Crippen molar-refractivity contribution in [3.63, 3.8) is 0 Å². The Kier molecular flexibility index (Phi) is 6.63. The SMILES string of the molecule is CON1CC(c2c(Cl)cccc2Cl)=Cc2cnc(Nc3cccc(CN4CCC(F)(F)C4)c3)nc21. The van der Waals surface area contributed by atoms with Crippen molar-refractivity contribution in [1.29, 1.82) is 0 Å². The summed E-state index contributed by atoms with van der Waals surface area (Å²) < 4.78 is 27.0. The summed E-state index contributed by atoms with van der Waals surface area (Å²) in [7, 11) is 1.57. The van der Waals surface area contributed by atoms with E-state index in [1.54, 1.807) is 41.5 Å². The van der Waals surface area contributed by atoms with E-state index in [2.05, 4.69) is 15.3 Å². The first kappa shape index (κ1) is 23.9. The van der Waals surface area contributed by atoms with Gasteiger partial charge in [0, 0.05) is 52.6 Å². The molecule has 3 aromatic rings. The zero-order valence-electron chi connectivity index (χ0n) is 18.9. The molecule has 182 valence electrons. The van der Waals surface area contributed by atoms with Crippen LogP contribution in [0, 0.1) is 0 Å². The van der Waals surface area contributed by atoms with Crippen LogP contribution in [0.1, 0.15) is 23.1 Å². The highest BCUT2D eigenvalue weighted by atomic mass is 35.5. The van der Waals surface area contributed by atoms with Gasteiger partial charge in [-0.25, -0.2) is 18.8 Å². The summed E-state index contributed by atoms with van der Waals surface area (Å²) in [6.07, 6.45) is 3.56. The molecule has 0 amide bonds. The van der Waals surface area contributed by atoms with Gasteiger partial charge in [0.25, 0.3) is 5.92 Å². The lowest BCUT2D eigenvalue weighted by Crippen LogP contribution is -2.28. The van der Waals surface area contributed by atoms with Crippen molar-refractivity contribution < 1.29 is 13.6 Å². The number of nitrogens with one attached hydrogen (secondary N) is 1. The molecule has 0 atom stereocenters. The molecule has 2 aromatic carbocycles. The van der Waals surface area contributed by atoms with Gasteiger partial charge in [0.15, 0.2) is 5.82 Å². The first-order valence-electron chi connectivity index (χ1n) is 11.1. The summed E-state index contributed by atoms with van der Waals surface area (Å²) in [6.45, 7) is 1.05. The third kappa shape index (κ3) is 5.26. The second-order valence-corrected chi connectivity index (χ2v) is 9.41. The van der Waals surface area contributed by atoms with Crippen LogP contribution in [0.3, 0.4) is 0 Å². The van der Waals surface area contributed by atoms with E-state index >= 15 is 0 Å². The van der Waals surface area contributed by atoms with E-state index in [1.807, 2.05) is 30.3 Å². The second-order valence-electron chi connectivity index (χ2n) is 8.60. The summed E-state index contributed by atoms with van der Waals surface area (Å²) in [5.74, 6) is -1.61. The molecule has 0 unspecified atom stereocenters. The molecule has 1 N–H and O–H groups in total. The van der Waals surface area contributed by atoms with Crippen LogP contribution in [0.15, 0.2) is 48.7 Å². The highest BCUT2D eigenvalue weighted by molar-refractivity contribution is 6.38. The van der Waals surface area contributed by atoms with E-state index in [4.69, 9.17) is 28.0 Å². The molecule has 1 aromatic heterocycles. The van der Waals surface area contributed by atoms with E-state index in [-0.39, 0.29) is 13.0 Å². The van der Waals surface area contributed by atoms with Gasteiger partial charge in [0.05, 0.1) is 20.2 Å². The smallest absolute Gasteiger partial charge is 0.261 e. The molecule has 2 aliphatic heterocycles. The molecular formula is C25H23Cl2F2N5O. The van der Waals surface area contributed by atoms with Crippen molar-refractivity contribution in [2.24, 2.45) is 0 Å². The van der Waals surface area contributed by atoms with Gasteiger partial charge in [-0.2, -0.15) is 4.98 Å². The number of aromatic nitrogens is 2. The van der Waals surface area contributed by atoms with Crippen LogP contribution in [-0.2, 0) is 11.4 Å². The van der Waals surface area contributed by atoms with E-state index in [0.29, 0.717) is 41.4 Å². The summed E-state index contributed by atoms with van der Waals surface area (Å²) in [5.41, 5.74) is 4.11. The molecule has 2 aliphatic rings. The molecule has 0 saturated carbocycles. The van der Waals surface area contributed by atoms with Gasteiger partial charge >= 0.3 is 0 Å². The van der Waals surface area contributed by atoms with Gasteiger partial charge < -0.3 is 5.32 Å². The largest absolute Gasteiger partial charge is 0.324 e. The van der Waals surface area contributed by atoms with Crippen molar-refractivity contribution >= 4 is 52.3 Å². The highest BCUT2D eigenvalue weighted by Crippen LogP contribution is 2.38. The van der Waals surface area contributed by atoms with Crippen LogP contribution in [-0.4, -0.2) is 47.5 Å². The Morgan fingerprint density at radius 3 is 2.63 bits per heavy atom. The van der Waals surface area contributed by atoms with Gasteiger partial charge in [-0.1, -0.05) is 41.4 Å². The fourth-order valence-corrected chi connectivity index (χ4v) is 5.03. The molecule has 35 heavy (non-hydrogen) atoms. The molecule has 1 fully saturated rings. The number of likely N-dealkylation sites (tertiary alicyclic amines) is 1. The number of hydroxylamine groups is 1. The molecule has 1 saturated heterocycles. The number of nitrogens with zero attached hydrogens (tertiary/aromatic N) is 4. The monoisotopic (exact) mass is 517 g/mol. The zero-order chi connectivity index (χ0) is 24.6. The Labute approximate surface area is 212 Å². The number of fused-ring (bicyclic) bond motifs is 1. The molecule has 0 radical (unpaired) electrons. The number of alkyl halides is 2. The maximum Gasteiger partial charge on any atom is 0.261 e. The minimum Gasteiger partial charge on any atom is -0.324 e. The first-order chi connectivity index (χ1) is 16.8. The van der Waals surface area contributed by atoms with E-state index in [0.717, 1.165) is 28.0 Å². The Balaban J connectivity index is 1.37. The molecule has 10 heteroatoms. The quantitative estimate of drug-likeness (QED) is 0.414. The fourth-order valence-electron chi connectivity index (χ4n) is 4.39. The van der Waals surface area contributed by atoms with Crippen LogP contribution in [0.25, 0.3) is 11.6 Å². The van der Waals surface area contributed by atoms with Gasteiger partial charge in [-0.3, -0.25) is 9.74 Å². The van der Waals surface area contributed by atoms with Crippen LogP contribution in [0.4, 0.5) is 26.2 Å². The normalized spacial score (nSPS) is 17.3. The topological polar surface area (TPSA) is 53.5 Å². The zero-order valence-corrected chi connectivity index (χ0v) is 20.5. The first-order valence-corrected chi connectivity index (χ1v) is 11.9. The van der Waals surface area contributed by atoms with Gasteiger partial charge in [-0.15, -0.1) is 0 Å². The molecule has 0 bridgehead atoms. The summed E-state index contributed by atoms with van der Waals surface area (Å²) >= 11 is 12.8. The van der Waals surface area contributed by atoms with Crippen molar-refractivity contribution in [3.8, 4) is 0 Å². The minimum atomic E-state index is -2.61. The number of hydrogen-bond acceptors (Lipinski definition) is 6. The summed E-state index contributed by atoms with van der Waals surface area (Å²) in [5, 5.41) is 5.97. The minimum absolute atomic E-state index is 0.0945. The van der Waals surface area contributed by atoms with Crippen LogP contribution in [0.5, 0.6) is 0 Å². The molecular weight excluding hydrogens is 495 g/mol. The summed E-state index contributed by atoms with van der Waals surface area (Å²) in [4.78, 5) is 16.5. The second kappa shape index (κ2) is 9.70. The predicted octanol–water partition coefficient (Wildman–Crippen LogP) is 6.29. The Hall–Kier alpha value is -2.78. The Morgan fingerprint density at radius 2 is 1.91 bits per heavy atom. The maximum atomic E-state index is 13.5. The maximum absolute atomic E-state index is 13.5. The fraction of sp³-hybridized carbons (Fsp3) is 0.280. The highest BCUT2D eigenvalue weighted by Gasteiger charge is 2.37.